The van der Waals surface area contributed by atoms with Gasteiger partial charge in [-0.15, -0.1) is 0 Å². The van der Waals surface area contributed by atoms with E-state index in [1.165, 1.54) is 4.31 Å². The summed E-state index contributed by atoms with van der Waals surface area (Å²) in [5, 5.41) is 0. The molecule has 1 fully saturated rings. The molecular formula is C23H30N2O4S. The van der Waals surface area contributed by atoms with Crippen molar-refractivity contribution in [2.24, 2.45) is 5.92 Å². The van der Waals surface area contributed by atoms with Crippen molar-refractivity contribution in [3.8, 4) is 5.75 Å². The van der Waals surface area contributed by atoms with E-state index in [1.807, 2.05) is 13.8 Å². The van der Waals surface area contributed by atoms with Crippen LogP contribution in [-0.4, -0.2) is 45.5 Å². The van der Waals surface area contributed by atoms with Gasteiger partial charge in [0.2, 0.25) is 5.91 Å². The Kier molecular flexibility index (Phi) is 7.02. The summed E-state index contributed by atoms with van der Waals surface area (Å²) in [5.74, 6) is 0.666. The predicted molar refractivity (Wildman–Crippen MR) is 118 cm³/mol. The molecule has 1 saturated heterocycles. The highest BCUT2D eigenvalue weighted by molar-refractivity contribution is 7.92. The molecule has 0 saturated carbocycles. The number of aryl methyl sites for hydroxylation is 1. The molecular weight excluding hydrogens is 400 g/mol. The molecule has 30 heavy (non-hydrogen) atoms. The van der Waals surface area contributed by atoms with E-state index >= 15 is 0 Å². The molecule has 1 amide bonds. The van der Waals surface area contributed by atoms with Crippen molar-refractivity contribution in [3.63, 3.8) is 0 Å². The van der Waals surface area contributed by atoms with Gasteiger partial charge in [-0.25, -0.2) is 8.42 Å². The number of sulfonamides is 1. The van der Waals surface area contributed by atoms with E-state index in [0.717, 1.165) is 18.4 Å². The lowest BCUT2D eigenvalue weighted by Crippen LogP contribution is -2.46. The average Bonchev–Trinajstić information content (AvgIpc) is 2.73. The number of nitrogens with zero attached hydrogens (tertiary/aromatic N) is 2. The van der Waals surface area contributed by atoms with E-state index in [-0.39, 0.29) is 17.3 Å². The van der Waals surface area contributed by atoms with Gasteiger partial charge in [-0.05, 0) is 56.9 Å². The number of likely N-dealkylation sites (tertiary alicyclic amines) is 1. The molecule has 2 aromatic carbocycles. The van der Waals surface area contributed by atoms with Crippen LogP contribution in [0.4, 0.5) is 5.69 Å². The molecule has 1 atom stereocenters. The molecule has 1 aliphatic heterocycles. The van der Waals surface area contributed by atoms with Crippen LogP contribution in [0.1, 0.15) is 32.3 Å². The summed E-state index contributed by atoms with van der Waals surface area (Å²) < 4.78 is 34.0. The lowest BCUT2D eigenvalue weighted by atomic mass is 10.0. The van der Waals surface area contributed by atoms with Crippen LogP contribution in [0.3, 0.4) is 0 Å². The summed E-state index contributed by atoms with van der Waals surface area (Å²) in [6.07, 6.45) is 2.02. The Labute approximate surface area is 179 Å². The van der Waals surface area contributed by atoms with Crippen LogP contribution in [-0.2, 0) is 14.8 Å². The number of ether oxygens (including phenoxy) is 1. The summed E-state index contributed by atoms with van der Waals surface area (Å²) in [5.41, 5.74) is 1.34. The van der Waals surface area contributed by atoms with E-state index < -0.39 is 10.0 Å². The highest BCUT2D eigenvalue weighted by Gasteiger charge is 2.31. The Hall–Kier alpha value is -2.54. The predicted octanol–water partition coefficient (Wildman–Crippen LogP) is 3.85. The molecule has 1 aliphatic rings. The van der Waals surface area contributed by atoms with Crippen molar-refractivity contribution >= 4 is 21.6 Å². The molecule has 0 aromatic heterocycles. The normalized spacial score (nSPS) is 16.9. The number of rotatable bonds is 7. The summed E-state index contributed by atoms with van der Waals surface area (Å²) in [4.78, 5) is 15.0. The molecule has 0 aliphatic carbocycles. The SMILES string of the molecule is CCOc1ccccc1N(CC(=O)N1CCC[C@@H](C)C1)S(=O)(=O)c1ccc(C)cc1. The summed E-state index contributed by atoms with van der Waals surface area (Å²) >= 11 is 0. The molecule has 3 rings (SSSR count). The van der Waals surface area contributed by atoms with Gasteiger partial charge in [0.05, 0.1) is 17.2 Å². The van der Waals surface area contributed by atoms with E-state index in [4.69, 9.17) is 4.74 Å². The van der Waals surface area contributed by atoms with E-state index in [1.54, 1.807) is 53.4 Å². The molecule has 162 valence electrons. The molecule has 7 heteroatoms. The minimum Gasteiger partial charge on any atom is -0.492 e. The van der Waals surface area contributed by atoms with Crippen LogP contribution in [0.25, 0.3) is 0 Å². The molecule has 6 nitrogen and oxygen atoms in total. The number of carbonyl (C=O) groups excluding carboxylic acids is 1. The zero-order chi connectivity index (χ0) is 21.7. The fourth-order valence-corrected chi connectivity index (χ4v) is 5.14. The highest BCUT2D eigenvalue weighted by Crippen LogP contribution is 2.33. The Morgan fingerprint density at radius 2 is 1.87 bits per heavy atom. The monoisotopic (exact) mass is 430 g/mol. The minimum atomic E-state index is -3.95. The summed E-state index contributed by atoms with van der Waals surface area (Å²) in [6, 6.07) is 13.6. The van der Waals surface area contributed by atoms with Gasteiger partial charge in [0.1, 0.15) is 12.3 Å². The number of benzene rings is 2. The Bertz CT molecular complexity index is 973. The molecule has 0 N–H and O–H groups in total. The van der Waals surface area contributed by atoms with Crippen molar-refractivity contribution in [2.45, 2.75) is 38.5 Å². The second-order valence-corrected chi connectivity index (χ2v) is 9.67. The quantitative estimate of drug-likeness (QED) is 0.669. The Balaban J connectivity index is 2.01. The van der Waals surface area contributed by atoms with Gasteiger partial charge in [0.15, 0.2) is 0 Å². The zero-order valence-electron chi connectivity index (χ0n) is 17.9. The maximum Gasteiger partial charge on any atom is 0.264 e. The van der Waals surface area contributed by atoms with Gasteiger partial charge in [0.25, 0.3) is 10.0 Å². The maximum atomic E-state index is 13.6. The zero-order valence-corrected chi connectivity index (χ0v) is 18.7. The van der Waals surface area contributed by atoms with Gasteiger partial charge < -0.3 is 9.64 Å². The molecule has 1 heterocycles. The van der Waals surface area contributed by atoms with Crippen LogP contribution < -0.4 is 9.04 Å². The standard InChI is InChI=1S/C23H30N2O4S/c1-4-29-22-10-6-5-9-21(22)25(17-23(26)24-15-7-8-19(3)16-24)30(27,28)20-13-11-18(2)12-14-20/h5-6,9-14,19H,4,7-8,15-17H2,1-3H3/t19-/m1/s1. The molecule has 0 bridgehead atoms. The number of hydrogen-bond acceptors (Lipinski definition) is 4. The van der Waals surface area contributed by atoms with Crippen molar-refractivity contribution in [1.29, 1.82) is 0 Å². The molecule has 0 spiro atoms. The van der Waals surface area contributed by atoms with Gasteiger partial charge >= 0.3 is 0 Å². The Morgan fingerprint density at radius 1 is 1.17 bits per heavy atom. The number of para-hydroxylation sites is 2. The first kappa shape index (κ1) is 22.2. The number of amides is 1. The fraction of sp³-hybridized carbons (Fsp3) is 0.435. The van der Waals surface area contributed by atoms with Gasteiger partial charge in [-0.1, -0.05) is 36.8 Å². The van der Waals surface area contributed by atoms with E-state index in [0.29, 0.717) is 37.1 Å². The largest absolute Gasteiger partial charge is 0.492 e. The maximum absolute atomic E-state index is 13.6. The van der Waals surface area contributed by atoms with Crippen molar-refractivity contribution in [3.05, 3.63) is 54.1 Å². The first-order valence-electron chi connectivity index (χ1n) is 10.4. The molecule has 0 radical (unpaired) electrons. The number of piperidine rings is 1. The van der Waals surface area contributed by atoms with Crippen LogP contribution >= 0.6 is 0 Å². The number of carbonyl (C=O) groups is 1. The smallest absolute Gasteiger partial charge is 0.264 e. The first-order chi connectivity index (χ1) is 14.3. The topological polar surface area (TPSA) is 66.9 Å². The fourth-order valence-electron chi connectivity index (χ4n) is 3.72. The average molecular weight is 431 g/mol. The summed E-state index contributed by atoms with van der Waals surface area (Å²) in [6.45, 7) is 7.32. The third kappa shape index (κ3) is 4.95. The third-order valence-corrected chi connectivity index (χ3v) is 7.11. The van der Waals surface area contributed by atoms with Crippen molar-refractivity contribution < 1.29 is 17.9 Å². The van der Waals surface area contributed by atoms with Gasteiger partial charge in [0, 0.05) is 13.1 Å². The van der Waals surface area contributed by atoms with Gasteiger partial charge in [-0.3, -0.25) is 9.10 Å². The van der Waals surface area contributed by atoms with E-state index in [2.05, 4.69) is 6.92 Å². The highest BCUT2D eigenvalue weighted by atomic mass is 32.2. The first-order valence-corrected chi connectivity index (χ1v) is 11.9. The lowest BCUT2D eigenvalue weighted by molar-refractivity contribution is -0.131. The number of anilines is 1. The van der Waals surface area contributed by atoms with Crippen LogP contribution in [0.5, 0.6) is 5.75 Å². The molecule has 2 aromatic rings. The van der Waals surface area contributed by atoms with Crippen molar-refractivity contribution in [2.75, 3.05) is 30.5 Å². The minimum absolute atomic E-state index is 0.152. The van der Waals surface area contributed by atoms with Crippen LogP contribution in [0.2, 0.25) is 0 Å². The number of hydrogen-bond donors (Lipinski definition) is 0. The van der Waals surface area contributed by atoms with Crippen molar-refractivity contribution in [1.82, 2.24) is 4.90 Å². The third-order valence-electron chi connectivity index (χ3n) is 5.33. The molecule has 0 unspecified atom stereocenters. The lowest BCUT2D eigenvalue weighted by Gasteiger charge is -2.33. The van der Waals surface area contributed by atoms with E-state index in [9.17, 15) is 13.2 Å². The summed E-state index contributed by atoms with van der Waals surface area (Å²) in [7, 11) is -3.95. The second-order valence-electron chi connectivity index (χ2n) is 7.81. The van der Waals surface area contributed by atoms with Gasteiger partial charge in [-0.2, -0.15) is 0 Å². The second kappa shape index (κ2) is 9.51. The Morgan fingerprint density at radius 3 is 2.53 bits per heavy atom. The van der Waals surface area contributed by atoms with Crippen LogP contribution in [0, 0.1) is 12.8 Å². The van der Waals surface area contributed by atoms with Crippen LogP contribution in [0.15, 0.2) is 53.4 Å².